The molecule has 26 heteroatoms. The zero-order valence-electron chi connectivity index (χ0n) is 55.8. The second kappa shape index (κ2) is 33.1. The van der Waals surface area contributed by atoms with Crippen molar-refractivity contribution in [2.45, 2.75) is 218 Å². The summed E-state index contributed by atoms with van der Waals surface area (Å²) in [4.78, 5) is 168. The van der Waals surface area contributed by atoms with Crippen LogP contribution in [0.1, 0.15) is 169 Å². The first kappa shape index (κ1) is 74.8. The summed E-state index contributed by atoms with van der Waals surface area (Å²) in [5, 5.41) is 11.5. The molecule has 1 aromatic rings. The number of benzene rings is 1. The number of carbonyl (C=O) groups is 11. The van der Waals surface area contributed by atoms with Gasteiger partial charge in [-0.1, -0.05) is 99.0 Å². The molecule has 0 bridgehead atoms. The van der Waals surface area contributed by atoms with Crippen molar-refractivity contribution in [1.29, 1.82) is 0 Å². The molecule has 2 heterocycles. The lowest BCUT2D eigenvalue weighted by Gasteiger charge is -2.39. The van der Waals surface area contributed by atoms with E-state index >= 15 is 4.79 Å². The molecule has 22 nitrogen and oxygen atoms in total. The first-order valence-electron chi connectivity index (χ1n) is 32.5. The number of aryl methyl sites for hydroxylation is 1. The van der Waals surface area contributed by atoms with Crippen LogP contribution in [0.4, 0.5) is 17.6 Å². The molecule has 2 saturated carbocycles. The SMILES string of the molecule is CCC(C)[C@@H]1NC(=O)[C@H](CC(C)C)N(C)C(=O)C[C@@H](C)NC(=O)[C@H](CC(C)C)N(C)C(=O)C2(CCCC2)NC(=O)[C@@H]2CCCN2C(=O)[C@H](CCc2ccc(C(F)(F)F)c(F)c2)NC(=O)CN(C)C(=O)[C@H](CC2CCCCC2)N(C)C(=O)CN(C)C(=O)CN(C)C1=O. The molecule has 1 spiro atoms. The summed E-state index contributed by atoms with van der Waals surface area (Å²) in [6, 6.07) is -5.57. The highest BCUT2D eigenvalue weighted by Crippen LogP contribution is 2.35. The van der Waals surface area contributed by atoms with Crippen LogP contribution in [0.5, 0.6) is 0 Å². The summed E-state index contributed by atoms with van der Waals surface area (Å²) in [6.07, 6.45) is 1.51. The van der Waals surface area contributed by atoms with Gasteiger partial charge >= 0.3 is 6.18 Å². The van der Waals surface area contributed by atoms with Crippen molar-refractivity contribution in [3.05, 3.63) is 35.1 Å². The highest BCUT2D eigenvalue weighted by Gasteiger charge is 2.49. The maximum atomic E-state index is 15.0. The van der Waals surface area contributed by atoms with Crippen LogP contribution in [0.25, 0.3) is 0 Å². The Morgan fingerprint density at radius 3 is 1.77 bits per heavy atom. The lowest BCUT2D eigenvalue weighted by molar-refractivity contribution is -0.149. The number of hydrogen-bond donors (Lipinski definition) is 4. The molecule has 11 amide bonds. The van der Waals surface area contributed by atoms with E-state index in [2.05, 4.69) is 21.3 Å². The molecule has 4 fully saturated rings. The lowest BCUT2D eigenvalue weighted by atomic mass is 9.84. The summed E-state index contributed by atoms with van der Waals surface area (Å²) < 4.78 is 55.8. The number of hydrogen-bond acceptors (Lipinski definition) is 11. The smallest absolute Gasteiger partial charge is 0.351 e. The molecular formula is C65H101F4N11O11. The summed E-state index contributed by atoms with van der Waals surface area (Å²) in [5.74, 6) is -9.24. The van der Waals surface area contributed by atoms with Gasteiger partial charge in [0.05, 0.1) is 25.2 Å². The number of fused-ring (bicyclic) bond motifs is 1. The van der Waals surface area contributed by atoms with Gasteiger partial charge in [-0.05, 0) is 106 Å². The van der Waals surface area contributed by atoms with Crippen molar-refractivity contribution in [2.75, 3.05) is 68.5 Å². The minimum atomic E-state index is -4.99. The molecule has 1 aromatic carbocycles. The number of likely N-dealkylation sites (N-methyl/N-ethyl adjacent to an activating group) is 6. The van der Waals surface area contributed by atoms with Crippen LogP contribution in [-0.2, 0) is 65.3 Å². The molecule has 91 heavy (non-hydrogen) atoms. The number of nitrogens with one attached hydrogen (secondary N) is 4. The third kappa shape index (κ3) is 20.1. The van der Waals surface area contributed by atoms with Gasteiger partial charge in [0.2, 0.25) is 65.0 Å². The van der Waals surface area contributed by atoms with Gasteiger partial charge in [0.25, 0.3) is 0 Å². The number of rotatable bonds is 11. The fourth-order valence-corrected chi connectivity index (χ4v) is 13.0. The third-order valence-electron chi connectivity index (χ3n) is 18.8. The molecule has 2 saturated heterocycles. The molecule has 510 valence electrons. The van der Waals surface area contributed by atoms with Gasteiger partial charge in [-0.15, -0.1) is 0 Å². The minimum absolute atomic E-state index is 0.0164. The van der Waals surface area contributed by atoms with Crippen molar-refractivity contribution in [1.82, 2.24) is 55.6 Å². The molecular weight excluding hydrogens is 1190 g/mol. The highest BCUT2D eigenvalue weighted by atomic mass is 19.4. The van der Waals surface area contributed by atoms with Crippen molar-refractivity contribution in [3.8, 4) is 0 Å². The Morgan fingerprint density at radius 1 is 0.615 bits per heavy atom. The van der Waals surface area contributed by atoms with Crippen LogP contribution in [0.3, 0.4) is 0 Å². The molecule has 2 aliphatic heterocycles. The Labute approximate surface area is 534 Å². The molecule has 1 unspecified atom stereocenters. The lowest BCUT2D eigenvalue weighted by Crippen LogP contribution is -2.64. The Morgan fingerprint density at radius 2 is 1.19 bits per heavy atom. The van der Waals surface area contributed by atoms with Crippen LogP contribution >= 0.6 is 0 Å². The van der Waals surface area contributed by atoms with E-state index in [0.29, 0.717) is 37.8 Å². The van der Waals surface area contributed by atoms with Gasteiger partial charge in [0.15, 0.2) is 0 Å². The normalized spacial score (nSPS) is 26.2. The Bertz CT molecular complexity index is 2770. The monoisotopic (exact) mass is 1290 g/mol. The first-order valence-corrected chi connectivity index (χ1v) is 32.5. The van der Waals surface area contributed by atoms with E-state index in [9.17, 15) is 65.5 Å². The molecule has 8 atom stereocenters. The largest absolute Gasteiger partial charge is 0.419 e. The van der Waals surface area contributed by atoms with Gasteiger partial charge in [0, 0.05) is 61.3 Å². The van der Waals surface area contributed by atoms with E-state index in [4.69, 9.17) is 0 Å². The molecule has 4 aliphatic rings. The maximum Gasteiger partial charge on any atom is 0.419 e. The fourth-order valence-electron chi connectivity index (χ4n) is 13.0. The first-order chi connectivity index (χ1) is 42.6. The van der Waals surface area contributed by atoms with Crippen LogP contribution in [0.15, 0.2) is 18.2 Å². The molecule has 5 rings (SSSR count). The average Bonchev–Trinajstić information content (AvgIpc) is 1.77. The van der Waals surface area contributed by atoms with Crippen molar-refractivity contribution >= 4 is 65.0 Å². The van der Waals surface area contributed by atoms with Crippen molar-refractivity contribution in [3.63, 3.8) is 0 Å². The van der Waals surface area contributed by atoms with E-state index in [1.54, 1.807) is 13.8 Å². The number of alkyl halides is 3. The quantitative estimate of drug-likeness (QED) is 0.214. The standard InChI is InChI=1S/C65H101F4N11O11/c1-14-41(6)56-62(90)76(10)37-54(83)74(8)38-55(84)78(12)51(35-43-21-16-15-17-22-43)61(89)75(9)36-52(81)71-47(27-25-44-24-26-45(46(66)34-44)65(67,68)69)60(88)80-30-20-23-48(80)59(87)73-64(28-18-19-29-64)63(91)79(13)50(32-40(4)5)57(85)70-42(7)33-53(82)77(11)49(31-39(2)3)58(86)72-56/h24,26,34,39-43,47-51,56H,14-23,25,27-33,35-38H2,1-13H3,(H,70,85)(H,71,81)(H,72,86)(H,73,87)/t41?,42-,47+,48+,49+,50+,51+,56+/m1/s1. The molecule has 0 radical (unpaired) electrons. The zero-order chi connectivity index (χ0) is 68.0. The van der Waals surface area contributed by atoms with Gasteiger partial charge in [0.1, 0.15) is 47.6 Å². The van der Waals surface area contributed by atoms with Gasteiger partial charge in [-0.25, -0.2) is 4.39 Å². The maximum absolute atomic E-state index is 15.0. The average molecular weight is 1290 g/mol. The van der Waals surface area contributed by atoms with E-state index in [-0.39, 0.29) is 87.6 Å². The third-order valence-corrected chi connectivity index (χ3v) is 18.8. The van der Waals surface area contributed by atoms with E-state index in [0.717, 1.165) is 52.9 Å². The Hall–Kier alpha value is -6.89. The fraction of sp³-hybridized carbons (Fsp3) is 0.738. The zero-order valence-corrected chi connectivity index (χ0v) is 55.8. The van der Waals surface area contributed by atoms with Crippen molar-refractivity contribution in [2.24, 2.45) is 23.7 Å². The second-order valence-corrected chi connectivity index (χ2v) is 27.0. The molecule has 2 aliphatic carbocycles. The summed E-state index contributed by atoms with van der Waals surface area (Å²) >= 11 is 0. The molecule has 4 N–H and O–H groups in total. The van der Waals surface area contributed by atoms with Gasteiger partial charge < -0.3 is 55.6 Å². The summed E-state index contributed by atoms with van der Waals surface area (Å²) in [7, 11) is 8.49. The number of nitrogens with zero attached hydrogens (tertiary/aromatic N) is 7. The molecule has 0 aromatic heterocycles. The van der Waals surface area contributed by atoms with Gasteiger partial charge in [-0.2, -0.15) is 13.2 Å². The van der Waals surface area contributed by atoms with Crippen LogP contribution < -0.4 is 21.3 Å². The Balaban J connectivity index is 1.55. The number of carbonyl (C=O) groups excluding carboxylic acids is 11. The highest BCUT2D eigenvalue weighted by molar-refractivity contribution is 5.99. The minimum Gasteiger partial charge on any atom is -0.351 e. The summed E-state index contributed by atoms with van der Waals surface area (Å²) in [5.41, 5.74) is -2.94. The predicted octanol–water partition coefficient (Wildman–Crippen LogP) is 5.04. The van der Waals surface area contributed by atoms with E-state index in [1.165, 1.54) is 61.9 Å². The predicted molar refractivity (Wildman–Crippen MR) is 332 cm³/mol. The number of amides is 11. The van der Waals surface area contributed by atoms with Crippen LogP contribution in [0, 0.1) is 29.5 Å². The van der Waals surface area contributed by atoms with Crippen molar-refractivity contribution < 1.29 is 70.3 Å². The van der Waals surface area contributed by atoms with Crippen LogP contribution in [0.2, 0.25) is 0 Å². The topological polar surface area (TPSA) is 259 Å². The van der Waals surface area contributed by atoms with Crippen LogP contribution in [-0.4, -0.2) is 216 Å². The Kier molecular flexibility index (Phi) is 27.2. The second-order valence-electron chi connectivity index (χ2n) is 27.0. The van der Waals surface area contributed by atoms with E-state index in [1.807, 2.05) is 34.6 Å². The number of halogens is 4. The van der Waals surface area contributed by atoms with E-state index < -0.39 is 156 Å². The summed E-state index contributed by atoms with van der Waals surface area (Å²) in [6.45, 7) is 11.1. The van der Waals surface area contributed by atoms with Gasteiger partial charge in [-0.3, -0.25) is 52.7 Å².